The van der Waals surface area contributed by atoms with Crippen molar-refractivity contribution in [2.24, 2.45) is 20.0 Å². The normalized spacial score (nSPS) is 21.1. The molecular formula is C20H26N4O3. The van der Waals surface area contributed by atoms with E-state index in [1.165, 1.54) is 11.6 Å². The summed E-state index contributed by atoms with van der Waals surface area (Å²) in [5, 5.41) is 0.443. The molecule has 4 rings (SSSR count). The Morgan fingerprint density at radius 1 is 1.04 bits per heavy atom. The van der Waals surface area contributed by atoms with Gasteiger partial charge in [0, 0.05) is 44.7 Å². The first-order chi connectivity index (χ1) is 13.0. The Kier molecular flexibility index (Phi) is 4.61. The van der Waals surface area contributed by atoms with Crippen LogP contribution in [-0.4, -0.2) is 38.0 Å². The molecule has 27 heavy (non-hydrogen) atoms. The van der Waals surface area contributed by atoms with Crippen LogP contribution in [-0.2, 0) is 18.9 Å². The number of pyridine rings is 1. The molecule has 7 nitrogen and oxygen atoms in total. The van der Waals surface area contributed by atoms with Crippen LogP contribution >= 0.6 is 0 Å². The maximum atomic E-state index is 12.8. The molecule has 2 aromatic heterocycles. The van der Waals surface area contributed by atoms with E-state index in [9.17, 15) is 14.4 Å². The first-order valence-electron chi connectivity index (χ1n) is 9.83. The molecule has 2 aromatic rings. The third-order valence-electron chi connectivity index (χ3n) is 6.18. The van der Waals surface area contributed by atoms with Crippen LogP contribution in [0, 0.1) is 5.92 Å². The van der Waals surface area contributed by atoms with Gasteiger partial charge >= 0.3 is 5.69 Å². The number of rotatable bonds is 2. The number of hydrogen-bond acceptors (Lipinski definition) is 4. The molecule has 0 spiro atoms. The van der Waals surface area contributed by atoms with Gasteiger partial charge in [-0.15, -0.1) is 0 Å². The molecule has 0 radical (unpaired) electrons. The van der Waals surface area contributed by atoms with Crippen molar-refractivity contribution in [3.8, 4) is 0 Å². The third kappa shape index (κ3) is 3.09. The molecule has 1 saturated carbocycles. The van der Waals surface area contributed by atoms with Crippen LogP contribution in [0.15, 0.2) is 21.7 Å². The maximum absolute atomic E-state index is 12.8. The second-order valence-electron chi connectivity index (χ2n) is 7.92. The number of aryl methyl sites for hydroxylation is 1. The minimum absolute atomic E-state index is 0.146. The predicted molar refractivity (Wildman–Crippen MR) is 103 cm³/mol. The zero-order chi connectivity index (χ0) is 19.1. The molecule has 2 aliphatic rings. The standard InChI is InChI=1S/C20H26N4O3/c1-22-17-15(19(26)23(2)20(22)27)9-10-16(21-17)14-8-5-11-24(12-14)18(25)13-6-3-4-7-13/h9-10,13-14H,3-8,11-12H2,1-2H3/t14-/m0/s1. The molecule has 2 fully saturated rings. The number of amides is 1. The number of carbonyl (C=O) groups excluding carboxylic acids is 1. The Labute approximate surface area is 157 Å². The summed E-state index contributed by atoms with van der Waals surface area (Å²) in [5.41, 5.74) is 0.571. The summed E-state index contributed by atoms with van der Waals surface area (Å²) in [6.07, 6.45) is 6.26. The number of fused-ring (bicyclic) bond motifs is 1. The van der Waals surface area contributed by atoms with Gasteiger partial charge in [0.2, 0.25) is 5.91 Å². The van der Waals surface area contributed by atoms with Crippen molar-refractivity contribution < 1.29 is 4.79 Å². The molecule has 1 atom stereocenters. The fraction of sp³-hybridized carbons (Fsp3) is 0.600. The van der Waals surface area contributed by atoms with E-state index in [1.807, 2.05) is 11.0 Å². The van der Waals surface area contributed by atoms with E-state index in [2.05, 4.69) is 4.98 Å². The first kappa shape index (κ1) is 17.9. The van der Waals surface area contributed by atoms with E-state index >= 15 is 0 Å². The average Bonchev–Trinajstić information content (AvgIpc) is 3.24. The van der Waals surface area contributed by atoms with Crippen molar-refractivity contribution in [3.05, 3.63) is 38.7 Å². The molecule has 1 aliphatic carbocycles. The zero-order valence-electron chi connectivity index (χ0n) is 16.0. The van der Waals surface area contributed by atoms with E-state index < -0.39 is 0 Å². The lowest BCUT2D eigenvalue weighted by Gasteiger charge is -2.34. The molecule has 0 aromatic carbocycles. The largest absolute Gasteiger partial charge is 0.342 e. The topological polar surface area (TPSA) is 77.2 Å². The molecule has 0 bridgehead atoms. The molecule has 3 heterocycles. The van der Waals surface area contributed by atoms with Crippen molar-refractivity contribution >= 4 is 16.9 Å². The lowest BCUT2D eigenvalue weighted by Crippen LogP contribution is -2.42. The van der Waals surface area contributed by atoms with Crippen molar-refractivity contribution in [3.63, 3.8) is 0 Å². The fourth-order valence-electron chi connectivity index (χ4n) is 4.55. The lowest BCUT2D eigenvalue weighted by atomic mass is 9.93. The van der Waals surface area contributed by atoms with Crippen LogP contribution in [0.2, 0.25) is 0 Å². The van der Waals surface area contributed by atoms with Gasteiger partial charge in [-0.05, 0) is 37.8 Å². The van der Waals surface area contributed by atoms with Gasteiger partial charge in [0.1, 0.15) is 5.65 Å². The fourth-order valence-corrected chi connectivity index (χ4v) is 4.55. The summed E-state index contributed by atoms with van der Waals surface area (Å²) in [6.45, 7) is 1.49. The van der Waals surface area contributed by atoms with Crippen LogP contribution in [0.1, 0.15) is 50.1 Å². The van der Waals surface area contributed by atoms with E-state index in [-0.39, 0.29) is 23.1 Å². The second kappa shape index (κ2) is 6.94. The quantitative estimate of drug-likeness (QED) is 0.803. The molecule has 1 aliphatic heterocycles. The monoisotopic (exact) mass is 370 g/mol. The summed E-state index contributed by atoms with van der Waals surface area (Å²) >= 11 is 0. The van der Waals surface area contributed by atoms with Gasteiger partial charge in [0.15, 0.2) is 0 Å². The highest BCUT2D eigenvalue weighted by atomic mass is 16.2. The Balaban J connectivity index is 1.64. The molecular weight excluding hydrogens is 344 g/mol. The SMILES string of the molecule is Cn1c(=O)c2ccc([C@H]3CCCN(C(=O)C4CCCC4)C3)nc2n(C)c1=O. The van der Waals surface area contributed by atoms with Gasteiger partial charge in [-0.2, -0.15) is 0 Å². The minimum atomic E-state index is -0.376. The first-order valence-corrected chi connectivity index (χ1v) is 9.83. The van der Waals surface area contributed by atoms with Crippen molar-refractivity contribution in [1.82, 2.24) is 19.0 Å². The third-order valence-corrected chi connectivity index (χ3v) is 6.18. The van der Waals surface area contributed by atoms with E-state index in [4.69, 9.17) is 0 Å². The summed E-state index contributed by atoms with van der Waals surface area (Å²) in [5.74, 6) is 0.629. The van der Waals surface area contributed by atoms with Gasteiger partial charge in [-0.1, -0.05) is 12.8 Å². The number of hydrogen-bond donors (Lipinski definition) is 0. The highest BCUT2D eigenvalue weighted by Crippen LogP contribution is 2.31. The highest BCUT2D eigenvalue weighted by molar-refractivity contribution is 5.79. The average molecular weight is 370 g/mol. The van der Waals surface area contributed by atoms with Crippen molar-refractivity contribution in [1.29, 1.82) is 0 Å². The zero-order valence-corrected chi connectivity index (χ0v) is 16.0. The number of nitrogens with zero attached hydrogens (tertiary/aromatic N) is 4. The maximum Gasteiger partial charge on any atom is 0.332 e. The molecule has 144 valence electrons. The molecule has 1 saturated heterocycles. The Morgan fingerprint density at radius 3 is 2.52 bits per heavy atom. The van der Waals surface area contributed by atoms with E-state index in [0.717, 1.165) is 55.3 Å². The van der Waals surface area contributed by atoms with E-state index in [1.54, 1.807) is 13.1 Å². The van der Waals surface area contributed by atoms with Crippen LogP contribution in [0.3, 0.4) is 0 Å². The van der Waals surface area contributed by atoms with Crippen molar-refractivity contribution in [2.75, 3.05) is 13.1 Å². The Bertz CT molecular complexity index is 1000. The summed E-state index contributed by atoms with van der Waals surface area (Å²) in [7, 11) is 3.11. The minimum Gasteiger partial charge on any atom is -0.342 e. The lowest BCUT2D eigenvalue weighted by molar-refractivity contribution is -0.136. The Hall–Kier alpha value is -2.44. The molecule has 0 N–H and O–H groups in total. The van der Waals surface area contributed by atoms with E-state index in [0.29, 0.717) is 23.5 Å². The number of likely N-dealkylation sites (tertiary alicyclic amines) is 1. The predicted octanol–water partition coefficient (Wildman–Crippen LogP) is 1.53. The summed E-state index contributed by atoms with van der Waals surface area (Å²) in [6, 6.07) is 3.64. The van der Waals surface area contributed by atoms with Gasteiger partial charge < -0.3 is 4.90 Å². The number of carbonyl (C=O) groups is 1. The van der Waals surface area contributed by atoms with Crippen LogP contribution < -0.4 is 11.2 Å². The van der Waals surface area contributed by atoms with Gasteiger partial charge in [0.05, 0.1) is 5.39 Å². The van der Waals surface area contributed by atoms with Crippen LogP contribution in [0.4, 0.5) is 0 Å². The van der Waals surface area contributed by atoms with Crippen LogP contribution in [0.5, 0.6) is 0 Å². The van der Waals surface area contributed by atoms with Gasteiger partial charge in [-0.3, -0.25) is 18.7 Å². The molecule has 0 unspecified atom stereocenters. The van der Waals surface area contributed by atoms with Crippen molar-refractivity contribution in [2.45, 2.75) is 44.4 Å². The summed E-state index contributed by atoms with van der Waals surface area (Å²) < 4.78 is 2.52. The van der Waals surface area contributed by atoms with Crippen LogP contribution in [0.25, 0.3) is 11.0 Å². The number of piperidine rings is 1. The Morgan fingerprint density at radius 2 is 1.78 bits per heavy atom. The smallest absolute Gasteiger partial charge is 0.332 e. The van der Waals surface area contributed by atoms with Gasteiger partial charge in [0.25, 0.3) is 5.56 Å². The molecule has 1 amide bonds. The highest BCUT2D eigenvalue weighted by Gasteiger charge is 2.31. The summed E-state index contributed by atoms with van der Waals surface area (Å²) in [4.78, 5) is 44.0. The molecule has 7 heteroatoms. The second-order valence-corrected chi connectivity index (χ2v) is 7.92. The van der Waals surface area contributed by atoms with Gasteiger partial charge in [-0.25, -0.2) is 9.78 Å². The number of aromatic nitrogens is 3.